The highest BCUT2D eigenvalue weighted by Gasteiger charge is 2.19. The minimum absolute atomic E-state index is 0.0879. The van der Waals surface area contributed by atoms with Gasteiger partial charge in [-0.3, -0.25) is 14.4 Å². The molecule has 0 heterocycles. The number of hydrogen-bond acceptors (Lipinski definition) is 6. The maximum atomic E-state index is 12.7. The van der Waals surface area contributed by atoms with Crippen molar-refractivity contribution < 1.29 is 28.6 Å². The summed E-state index contributed by atoms with van der Waals surface area (Å²) in [7, 11) is 0. The van der Waals surface area contributed by atoms with Crippen LogP contribution in [-0.2, 0) is 28.6 Å². The van der Waals surface area contributed by atoms with Gasteiger partial charge in [0.1, 0.15) is 13.2 Å². The van der Waals surface area contributed by atoms with Crippen LogP contribution in [0.25, 0.3) is 0 Å². The van der Waals surface area contributed by atoms with Crippen molar-refractivity contribution in [2.75, 3.05) is 13.2 Å². The van der Waals surface area contributed by atoms with Crippen LogP contribution in [-0.4, -0.2) is 37.2 Å². The molecular formula is C50H88O6. The molecule has 0 bridgehead atoms. The van der Waals surface area contributed by atoms with Gasteiger partial charge in [-0.1, -0.05) is 204 Å². The third-order valence-corrected chi connectivity index (χ3v) is 10.1. The van der Waals surface area contributed by atoms with E-state index in [9.17, 15) is 14.4 Å². The summed E-state index contributed by atoms with van der Waals surface area (Å²) in [5, 5.41) is 0. The first kappa shape index (κ1) is 53.4. The number of carbonyl (C=O) groups is 3. The molecule has 0 N–H and O–H groups in total. The van der Waals surface area contributed by atoms with Crippen molar-refractivity contribution in [2.24, 2.45) is 0 Å². The van der Waals surface area contributed by atoms with E-state index in [2.05, 4.69) is 69.4 Å². The zero-order chi connectivity index (χ0) is 40.8. The maximum absolute atomic E-state index is 12.7. The number of ether oxygens (including phenoxy) is 3. The molecule has 0 aromatic heterocycles. The summed E-state index contributed by atoms with van der Waals surface area (Å²) in [4.78, 5) is 37.5. The zero-order valence-corrected chi connectivity index (χ0v) is 36.9. The summed E-state index contributed by atoms with van der Waals surface area (Å²) >= 11 is 0. The molecule has 0 aliphatic rings. The SMILES string of the molecule is CC/C=C\C/C=C\C/C=C\C/C=C\CCCCC(=O)OC(COC(=O)CCCCCCC)COC(=O)CCCCCCCCCCCCCCCCCCCC. The highest BCUT2D eigenvalue weighted by atomic mass is 16.6. The van der Waals surface area contributed by atoms with Crippen LogP contribution < -0.4 is 0 Å². The van der Waals surface area contributed by atoms with E-state index >= 15 is 0 Å². The minimum Gasteiger partial charge on any atom is -0.462 e. The van der Waals surface area contributed by atoms with Crippen molar-refractivity contribution in [1.82, 2.24) is 0 Å². The molecule has 1 atom stereocenters. The van der Waals surface area contributed by atoms with Crippen LogP contribution in [0.4, 0.5) is 0 Å². The van der Waals surface area contributed by atoms with Crippen molar-refractivity contribution >= 4 is 17.9 Å². The van der Waals surface area contributed by atoms with Crippen LogP contribution in [0, 0.1) is 0 Å². The lowest BCUT2D eigenvalue weighted by molar-refractivity contribution is -0.167. The molecule has 56 heavy (non-hydrogen) atoms. The summed E-state index contributed by atoms with van der Waals surface area (Å²) in [5.41, 5.74) is 0. The summed E-state index contributed by atoms with van der Waals surface area (Å²) < 4.78 is 16.6. The van der Waals surface area contributed by atoms with E-state index in [0.29, 0.717) is 19.3 Å². The van der Waals surface area contributed by atoms with Gasteiger partial charge in [-0.2, -0.15) is 0 Å². The van der Waals surface area contributed by atoms with Crippen molar-refractivity contribution in [3.8, 4) is 0 Å². The quantitative estimate of drug-likeness (QED) is 0.0265. The largest absolute Gasteiger partial charge is 0.462 e. The van der Waals surface area contributed by atoms with E-state index in [4.69, 9.17) is 14.2 Å². The Bertz CT molecular complexity index is 996. The molecule has 0 spiro atoms. The number of carbonyl (C=O) groups excluding carboxylic acids is 3. The van der Waals surface area contributed by atoms with E-state index in [1.165, 1.54) is 103 Å². The first-order chi connectivity index (χ1) is 27.5. The standard InChI is InChI=1S/C50H88O6/c1-4-7-10-13-15-17-19-21-23-24-25-27-28-30-32-34-37-40-43-49(52)55-46-47(45-54-48(51)42-39-36-12-9-6-3)56-50(53)44-41-38-35-33-31-29-26-22-20-18-16-14-11-8-5-2/h8,11,16,18,22,26,31,33,47H,4-7,9-10,12-15,17,19-21,23-25,27-30,32,34-46H2,1-3H3/b11-8-,18-16-,26-22-,33-31-. The number of unbranched alkanes of at least 4 members (excludes halogenated alkanes) is 23. The molecule has 0 saturated carbocycles. The second-order valence-corrected chi connectivity index (χ2v) is 15.6. The molecule has 6 nitrogen and oxygen atoms in total. The summed E-state index contributed by atoms with van der Waals surface area (Å²) in [6.07, 6.45) is 52.8. The van der Waals surface area contributed by atoms with Crippen molar-refractivity contribution in [3.05, 3.63) is 48.6 Å². The molecule has 0 rings (SSSR count). The van der Waals surface area contributed by atoms with Crippen molar-refractivity contribution in [2.45, 2.75) is 239 Å². The predicted octanol–water partition coefficient (Wildman–Crippen LogP) is 15.1. The number of esters is 3. The molecule has 0 radical (unpaired) electrons. The summed E-state index contributed by atoms with van der Waals surface area (Å²) in [6, 6.07) is 0. The van der Waals surface area contributed by atoms with Crippen molar-refractivity contribution in [1.29, 1.82) is 0 Å². The van der Waals surface area contributed by atoms with E-state index < -0.39 is 6.10 Å². The fourth-order valence-electron chi connectivity index (χ4n) is 6.55. The second kappa shape index (κ2) is 45.1. The van der Waals surface area contributed by atoms with Gasteiger partial charge in [0.2, 0.25) is 0 Å². The van der Waals surface area contributed by atoms with Gasteiger partial charge in [0.05, 0.1) is 0 Å². The average Bonchev–Trinajstić information content (AvgIpc) is 3.19. The first-order valence-electron chi connectivity index (χ1n) is 23.6. The summed E-state index contributed by atoms with van der Waals surface area (Å²) in [5.74, 6) is -0.941. The molecule has 0 saturated heterocycles. The lowest BCUT2D eigenvalue weighted by Gasteiger charge is -2.18. The number of rotatable bonds is 42. The normalized spacial score (nSPS) is 12.4. The van der Waals surface area contributed by atoms with Gasteiger partial charge in [0.15, 0.2) is 6.10 Å². The molecule has 0 fully saturated rings. The van der Waals surface area contributed by atoms with Gasteiger partial charge < -0.3 is 14.2 Å². The summed E-state index contributed by atoms with van der Waals surface area (Å²) in [6.45, 7) is 6.41. The molecule has 0 aliphatic heterocycles. The predicted molar refractivity (Wildman–Crippen MR) is 238 cm³/mol. The van der Waals surface area contributed by atoms with Crippen LogP contribution in [0.3, 0.4) is 0 Å². The maximum Gasteiger partial charge on any atom is 0.306 e. The van der Waals surface area contributed by atoms with Crippen LogP contribution in [0.5, 0.6) is 0 Å². The fraction of sp³-hybridized carbons (Fsp3) is 0.780. The van der Waals surface area contributed by atoms with Crippen LogP contribution in [0.2, 0.25) is 0 Å². The van der Waals surface area contributed by atoms with Gasteiger partial charge in [0.25, 0.3) is 0 Å². The highest BCUT2D eigenvalue weighted by Crippen LogP contribution is 2.15. The Labute approximate surface area is 346 Å². The lowest BCUT2D eigenvalue weighted by atomic mass is 10.0. The Morgan fingerprint density at radius 1 is 0.375 bits per heavy atom. The topological polar surface area (TPSA) is 78.9 Å². The highest BCUT2D eigenvalue weighted by molar-refractivity contribution is 5.71. The molecule has 0 aromatic carbocycles. The molecule has 0 aromatic rings. The molecule has 0 aliphatic carbocycles. The first-order valence-corrected chi connectivity index (χ1v) is 23.6. The van der Waals surface area contributed by atoms with E-state index in [1.54, 1.807) is 0 Å². The van der Waals surface area contributed by atoms with E-state index in [0.717, 1.165) is 83.5 Å². The Balaban J connectivity index is 4.23. The van der Waals surface area contributed by atoms with Crippen LogP contribution in [0.15, 0.2) is 48.6 Å². The van der Waals surface area contributed by atoms with E-state index in [1.807, 2.05) is 0 Å². The zero-order valence-electron chi connectivity index (χ0n) is 36.9. The average molecular weight is 785 g/mol. The molecular weight excluding hydrogens is 697 g/mol. The third kappa shape index (κ3) is 42.5. The Morgan fingerprint density at radius 3 is 1.09 bits per heavy atom. The number of hydrogen-bond donors (Lipinski definition) is 0. The lowest BCUT2D eigenvalue weighted by Crippen LogP contribution is -2.30. The van der Waals surface area contributed by atoms with Gasteiger partial charge in [-0.25, -0.2) is 0 Å². The molecule has 324 valence electrons. The molecule has 1 unspecified atom stereocenters. The third-order valence-electron chi connectivity index (χ3n) is 10.1. The Kier molecular flexibility index (Phi) is 43.0. The molecule has 0 amide bonds. The Morgan fingerprint density at radius 2 is 0.696 bits per heavy atom. The van der Waals surface area contributed by atoms with Gasteiger partial charge >= 0.3 is 17.9 Å². The Hall–Kier alpha value is -2.63. The second-order valence-electron chi connectivity index (χ2n) is 15.6. The van der Waals surface area contributed by atoms with E-state index in [-0.39, 0.29) is 37.5 Å². The molecule has 6 heteroatoms. The number of allylic oxidation sites excluding steroid dienone is 8. The van der Waals surface area contributed by atoms with Gasteiger partial charge in [-0.15, -0.1) is 0 Å². The fourth-order valence-corrected chi connectivity index (χ4v) is 6.55. The van der Waals surface area contributed by atoms with Gasteiger partial charge in [0, 0.05) is 19.3 Å². The van der Waals surface area contributed by atoms with Gasteiger partial charge in [-0.05, 0) is 57.8 Å². The van der Waals surface area contributed by atoms with Crippen LogP contribution in [0.1, 0.15) is 233 Å². The van der Waals surface area contributed by atoms with Crippen LogP contribution >= 0.6 is 0 Å². The monoisotopic (exact) mass is 785 g/mol. The van der Waals surface area contributed by atoms with Crippen molar-refractivity contribution in [3.63, 3.8) is 0 Å². The minimum atomic E-state index is -0.787. The smallest absolute Gasteiger partial charge is 0.306 e.